The van der Waals surface area contributed by atoms with Crippen LogP contribution >= 0.6 is 0 Å². The van der Waals surface area contributed by atoms with E-state index in [4.69, 9.17) is 0 Å². The predicted octanol–water partition coefficient (Wildman–Crippen LogP) is 1.16. The normalized spacial score (nSPS) is 26.7. The lowest BCUT2D eigenvalue weighted by Crippen LogP contribution is -2.41. The summed E-state index contributed by atoms with van der Waals surface area (Å²) in [5, 5.41) is 0. The fraction of sp³-hybridized carbons (Fsp3) is 0.875. The lowest BCUT2D eigenvalue weighted by Gasteiger charge is -2.29. The Morgan fingerprint density at radius 1 is 1.67 bits per heavy atom. The molecule has 0 N–H and O–H groups in total. The molecule has 1 atom stereocenters. The van der Waals surface area contributed by atoms with E-state index < -0.39 is 6.43 Å². The summed E-state index contributed by atoms with van der Waals surface area (Å²) in [6.07, 6.45) is -1.86. The molecule has 4 heteroatoms. The number of Topliss-reactive ketones (excluding diaryl/α,β-unsaturated/α-hetero) is 1. The minimum atomic E-state index is -2.29. The van der Waals surface area contributed by atoms with E-state index in [-0.39, 0.29) is 18.2 Å². The summed E-state index contributed by atoms with van der Waals surface area (Å²) in [7, 11) is 0. The van der Waals surface area contributed by atoms with Crippen LogP contribution in [0.15, 0.2) is 0 Å². The van der Waals surface area contributed by atoms with E-state index in [1.165, 1.54) is 0 Å². The Labute approximate surface area is 70.5 Å². The highest BCUT2D eigenvalue weighted by atomic mass is 19.3. The van der Waals surface area contributed by atoms with Crippen molar-refractivity contribution >= 4 is 5.78 Å². The smallest absolute Gasteiger partial charge is 0.251 e. The molecule has 1 aliphatic heterocycles. The minimum Gasteiger partial charge on any atom is -0.299 e. The van der Waals surface area contributed by atoms with Crippen LogP contribution in [-0.2, 0) is 4.79 Å². The van der Waals surface area contributed by atoms with Crippen LogP contribution in [0, 0.1) is 5.92 Å². The van der Waals surface area contributed by atoms with Crippen molar-refractivity contribution in [2.24, 2.45) is 5.92 Å². The van der Waals surface area contributed by atoms with E-state index in [0.29, 0.717) is 19.5 Å². The van der Waals surface area contributed by atoms with Gasteiger partial charge >= 0.3 is 0 Å². The third kappa shape index (κ3) is 2.52. The summed E-state index contributed by atoms with van der Waals surface area (Å²) >= 11 is 0. The van der Waals surface area contributed by atoms with E-state index in [0.717, 1.165) is 0 Å². The fourth-order valence-corrected chi connectivity index (χ4v) is 1.46. The molecule has 0 bridgehead atoms. The number of carbonyl (C=O) groups is 1. The van der Waals surface area contributed by atoms with Gasteiger partial charge in [0, 0.05) is 25.4 Å². The number of carbonyl (C=O) groups excluding carboxylic acids is 1. The molecular weight excluding hydrogens is 164 g/mol. The van der Waals surface area contributed by atoms with Gasteiger partial charge in [0.2, 0.25) is 0 Å². The Hall–Kier alpha value is -0.510. The zero-order valence-corrected chi connectivity index (χ0v) is 7.09. The largest absolute Gasteiger partial charge is 0.299 e. The van der Waals surface area contributed by atoms with Crippen LogP contribution in [-0.4, -0.2) is 36.7 Å². The van der Waals surface area contributed by atoms with E-state index >= 15 is 0 Å². The van der Waals surface area contributed by atoms with Gasteiger partial charge in [0.25, 0.3) is 6.43 Å². The van der Waals surface area contributed by atoms with E-state index in [2.05, 4.69) is 0 Å². The van der Waals surface area contributed by atoms with Gasteiger partial charge in [0.15, 0.2) is 0 Å². The number of alkyl halides is 2. The number of hydrogen-bond donors (Lipinski definition) is 0. The third-order valence-corrected chi connectivity index (χ3v) is 2.15. The van der Waals surface area contributed by atoms with E-state index in [1.807, 2.05) is 0 Å². The first kappa shape index (κ1) is 9.58. The topological polar surface area (TPSA) is 20.3 Å². The first-order chi connectivity index (χ1) is 5.59. The number of ketones is 1. The molecule has 1 unspecified atom stereocenters. The summed E-state index contributed by atoms with van der Waals surface area (Å²) in [6.45, 7) is 2.58. The average Bonchev–Trinajstić information content (AvgIpc) is 1.96. The molecule has 0 aromatic carbocycles. The number of piperidine rings is 1. The van der Waals surface area contributed by atoms with E-state index in [1.54, 1.807) is 11.8 Å². The Morgan fingerprint density at radius 2 is 2.33 bits per heavy atom. The number of likely N-dealkylation sites (tertiary alicyclic amines) is 1. The van der Waals surface area contributed by atoms with E-state index in [9.17, 15) is 13.6 Å². The molecular formula is C8H13F2NO. The molecule has 1 rings (SSSR count). The molecule has 70 valence electrons. The van der Waals surface area contributed by atoms with Crippen LogP contribution in [0.2, 0.25) is 0 Å². The third-order valence-electron chi connectivity index (χ3n) is 2.15. The minimum absolute atomic E-state index is 0.0718. The lowest BCUT2D eigenvalue weighted by atomic mass is 9.99. The second kappa shape index (κ2) is 3.94. The van der Waals surface area contributed by atoms with Crippen molar-refractivity contribution in [2.45, 2.75) is 19.8 Å². The SMILES string of the molecule is CC1CN(CC(F)F)CCC1=O. The van der Waals surface area contributed by atoms with Crippen LogP contribution in [0.5, 0.6) is 0 Å². The van der Waals surface area contributed by atoms with Crippen LogP contribution in [0.4, 0.5) is 8.78 Å². The maximum atomic E-state index is 11.9. The molecule has 0 aromatic rings. The second-order valence-electron chi connectivity index (χ2n) is 3.27. The summed E-state index contributed by atoms with van der Waals surface area (Å²) in [5.41, 5.74) is 0. The Balaban J connectivity index is 2.35. The first-order valence-electron chi connectivity index (χ1n) is 4.13. The molecule has 1 heterocycles. The van der Waals surface area contributed by atoms with Crippen LogP contribution in [0.1, 0.15) is 13.3 Å². The molecule has 0 aliphatic carbocycles. The highest BCUT2D eigenvalue weighted by Gasteiger charge is 2.24. The summed E-state index contributed by atoms with van der Waals surface area (Å²) in [5.74, 6) is 0.123. The predicted molar refractivity (Wildman–Crippen MR) is 41.2 cm³/mol. The van der Waals surface area contributed by atoms with Gasteiger partial charge in [-0.1, -0.05) is 6.92 Å². The zero-order chi connectivity index (χ0) is 9.14. The molecule has 0 aromatic heterocycles. The number of rotatable bonds is 2. The molecule has 1 fully saturated rings. The maximum absolute atomic E-state index is 11.9. The summed E-state index contributed by atoms with van der Waals surface area (Å²) in [4.78, 5) is 12.7. The standard InChI is InChI=1S/C8H13F2NO/c1-6-4-11(5-8(9)10)3-2-7(6)12/h6,8H,2-5H2,1H3. The van der Waals surface area contributed by atoms with Crippen molar-refractivity contribution in [3.8, 4) is 0 Å². The fourth-order valence-electron chi connectivity index (χ4n) is 1.46. The van der Waals surface area contributed by atoms with Crippen molar-refractivity contribution in [2.75, 3.05) is 19.6 Å². The lowest BCUT2D eigenvalue weighted by molar-refractivity contribution is -0.126. The average molecular weight is 177 g/mol. The second-order valence-corrected chi connectivity index (χ2v) is 3.27. The van der Waals surface area contributed by atoms with Crippen molar-refractivity contribution < 1.29 is 13.6 Å². The Bertz CT molecular complexity index is 172. The van der Waals surface area contributed by atoms with Gasteiger partial charge in [-0.2, -0.15) is 0 Å². The number of halogens is 2. The molecule has 0 spiro atoms. The van der Waals surface area contributed by atoms with Gasteiger partial charge in [-0.05, 0) is 0 Å². The molecule has 1 saturated heterocycles. The van der Waals surface area contributed by atoms with Gasteiger partial charge in [-0.15, -0.1) is 0 Å². The van der Waals surface area contributed by atoms with Crippen molar-refractivity contribution in [3.63, 3.8) is 0 Å². The maximum Gasteiger partial charge on any atom is 0.251 e. The van der Waals surface area contributed by atoms with Crippen molar-refractivity contribution in [1.82, 2.24) is 4.90 Å². The number of nitrogens with zero attached hydrogens (tertiary/aromatic N) is 1. The van der Waals surface area contributed by atoms with Crippen LogP contribution in [0.25, 0.3) is 0 Å². The highest BCUT2D eigenvalue weighted by Crippen LogP contribution is 2.13. The molecule has 0 amide bonds. The number of hydrogen-bond acceptors (Lipinski definition) is 2. The van der Waals surface area contributed by atoms with Gasteiger partial charge in [-0.25, -0.2) is 8.78 Å². The Morgan fingerprint density at radius 3 is 2.83 bits per heavy atom. The van der Waals surface area contributed by atoms with Gasteiger partial charge in [-0.3, -0.25) is 9.69 Å². The summed E-state index contributed by atoms with van der Waals surface area (Å²) in [6, 6.07) is 0. The zero-order valence-electron chi connectivity index (χ0n) is 7.09. The molecule has 0 saturated carbocycles. The summed E-state index contributed by atoms with van der Waals surface area (Å²) < 4.78 is 23.8. The molecule has 0 radical (unpaired) electrons. The van der Waals surface area contributed by atoms with Gasteiger partial charge in [0.1, 0.15) is 5.78 Å². The Kier molecular flexibility index (Phi) is 3.14. The van der Waals surface area contributed by atoms with Crippen LogP contribution in [0.3, 0.4) is 0 Å². The van der Waals surface area contributed by atoms with Crippen molar-refractivity contribution in [1.29, 1.82) is 0 Å². The first-order valence-corrected chi connectivity index (χ1v) is 4.13. The van der Waals surface area contributed by atoms with Gasteiger partial charge < -0.3 is 0 Å². The molecule has 2 nitrogen and oxygen atoms in total. The highest BCUT2D eigenvalue weighted by molar-refractivity contribution is 5.81. The molecule has 12 heavy (non-hydrogen) atoms. The van der Waals surface area contributed by atoms with Gasteiger partial charge in [0.05, 0.1) is 6.54 Å². The molecule has 1 aliphatic rings. The monoisotopic (exact) mass is 177 g/mol. The quantitative estimate of drug-likeness (QED) is 0.631. The van der Waals surface area contributed by atoms with Crippen LogP contribution < -0.4 is 0 Å². The van der Waals surface area contributed by atoms with Crippen molar-refractivity contribution in [3.05, 3.63) is 0 Å².